The van der Waals surface area contributed by atoms with Crippen molar-refractivity contribution in [1.29, 1.82) is 0 Å². The van der Waals surface area contributed by atoms with E-state index in [4.69, 9.17) is 4.52 Å². The molecular formula is C15H13FN4OS. The molecule has 1 aromatic carbocycles. The molecule has 3 aromatic rings. The SMILES string of the molecule is CSc1noc(C)c1-c1ccnc(Nc2ccccc2F)n1. The van der Waals surface area contributed by atoms with Crippen LogP contribution in [0, 0.1) is 12.7 Å². The van der Waals surface area contributed by atoms with Gasteiger partial charge in [-0.2, -0.15) is 0 Å². The van der Waals surface area contributed by atoms with Gasteiger partial charge in [-0.15, -0.1) is 11.8 Å². The molecule has 0 aliphatic heterocycles. The Hall–Kier alpha value is -2.41. The number of rotatable bonds is 4. The second-order valence-electron chi connectivity index (χ2n) is 4.49. The summed E-state index contributed by atoms with van der Waals surface area (Å²) in [5, 5.41) is 7.62. The van der Waals surface area contributed by atoms with Gasteiger partial charge in [0.15, 0.2) is 0 Å². The van der Waals surface area contributed by atoms with E-state index in [2.05, 4.69) is 20.4 Å². The molecule has 0 spiro atoms. The van der Waals surface area contributed by atoms with E-state index < -0.39 is 0 Å². The van der Waals surface area contributed by atoms with Crippen LogP contribution >= 0.6 is 11.8 Å². The van der Waals surface area contributed by atoms with Crippen LogP contribution in [0.4, 0.5) is 16.0 Å². The lowest BCUT2D eigenvalue weighted by atomic mass is 10.2. The van der Waals surface area contributed by atoms with E-state index in [1.807, 2.05) is 13.2 Å². The molecule has 7 heteroatoms. The van der Waals surface area contributed by atoms with E-state index in [9.17, 15) is 4.39 Å². The standard InChI is InChI=1S/C15H13FN4OS/c1-9-13(14(22-2)20-21-9)12-7-8-17-15(19-12)18-11-6-4-3-5-10(11)16/h3-8H,1-2H3,(H,17,18,19). The maximum atomic E-state index is 13.7. The predicted octanol–water partition coefficient (Wildman–Crippen LogP) is 4.04. The van der Waals surface area contributed by atoms with Crippen molar-refractivity contribution in [3.8, 4) is 11.3 Å². The third-order valence-electron chi connectivity index (χ3n) is 3.06. The Bertz CT molecular complexity index is 806. The number of hydrogen-bond donors (Lipinski definition) is 1. The van der Waals surface area contributed by atoms with Gasteiger partial charge in [0.2, 0.25) is 5.95 Å². The minimum absolute atomic E-state index is 0.315. The van der Waals surface area contributed by atoms with Gasteiger partial charge in [0.25, 0.3) is 0 Å². The fourth-order valence-corrected chi connectivity index (χ4v) is 2.59. The number of nitrogens with zero attached hydrogens (tertiary/aromatic N) is 3. The quantitative estimate of drug-likeness (QED) is 0.733. The Morgan fingerprint density at radius 1 is 1.23 bits per heavy atom. The first-order chi connectivity index (χ1) is 10.7. The Morgan fingerprint density at radius 2 is 2.05 bits per heavy atom. The zero-order valence-corrected chi connectivity index (χ0v) is 12.8. The molecule has 22 heavy (non-hydrogen) atoms. The Kier molecular flexibility index (Phi) is 4.06. The number of anilines is 2. The number of hydrogen-bond acceptors (Lipinski definition) is 6. The van der Waals surface area contributed by atoms with Crippen molar-refractivity contribution in [2.75, 3.05) is 11.6 Å². The summed E-state index contributed by atoms with van der Waals surface area (Å²) in [6.07, 6.45) is 3.53. The van der Waals surface area contributed by atoms with Crippen molar-refractivity contribution in [3.63, 3.8) is 0 Å². The largest absolute Gasteiger partial charge is 0.360 e. The molecule has 0 aliphatic rings. The second kappa shape index (κ2) is 6.15. The lowest BCUT2D eigenvalue weighted by molar-refractivity contribution is 0.384. The van der Waals surface area contributed by atoms with Crippen LogP contribution in [-0.2, 0) is 0 Å². The van der Waals surface area contributed by atoms with Gasteiger partial charge in [-0.3, -0.25) is 0 Å². The van der Waals surface area contributed by atoms with Crippen LogP contribution in [0.15, 0.2) is 46.1 Å². The highest BCUT2D eigenvalue weighted by atomic mass is 32.2. The van der Waals surface area contributed by atoms with Crippen molar-refractivity contribution in [2.45, 2.75) is 11.9 Å². The maximum Gasteiger partial charge on any atom is 0.227 e. The summed E-state index contributed by atoms with van der Waals surface area (Å²) in [4.78, 5) is 8.54. The molecule has 0 atom stereocenters. The molecule has 0 saturated carbocycles. The lowest BCUT2D eigenvalue weighted by Gasteiger charge is -2.07. The molecule has 112 valence electrons. The topological polar surface area (TPSA) is 63.8 Å². The normalized spacial score (nSPS) is 10.7. The Balaban J connectivity index is 1.96. The average molecular weight is 316 g/mol. The van der Waals surface area contributed by atoms with Crippen molar-refractivity contribution < 1.29 is 8.91 Å². The fraction of sp³-hybridized carbons (Fsp3) is 0.133. The molecule has 0 fully saturated rings. The van der Waals surface area contributed by atoms with E-state index in [1.54, 1.807) is 30.5 Å². The van der Waals surface area contributed by atoms with E-state index in [0.717, 1.165) is 10.6 Å². The minimum atomic E-state index is -0.359. The molecule has 0 radical (unpaired) electrons. The van der Waals surface area contributed by atoms with Crippen LogP contribution in [0.25, 0.3) is 11.3 Å². The van der Waals surface area contributed by atoms with Crippen LogP contribution in [0.2, 0.25) is 0 Å². The molecule has 0 amide bonds. The first-order valence-corrected chi connectivity index (χ1v) is 7.76. The number of halogens is 1. The number of nitrogens with one attached hydrogen (secondary N) is 1. The van der Waals surface area contributed by atoms with Gasteiger partial charge in [0.05, 0.1) is 16.9 Å². The third-order valence-corrected chi connectivity index (χ3v) is 3.72. The summed E-state index contributed by atoms with van der Waals surface area (Å²) in [5.74, 6) is 0.637. The van der Waals surface area contributed by atoms with Gasteiger partial charge < -0.3 is 9.84 Å². The van der Waals surface area contributed by atoms with Crippen LogP contribution < -0.4 is 5.32 Å². The molecule has 0 saturated heterocycles. The monoisotopic (exact) mass is 316 g/mol. The van der Waals surface area contributed by atoms with Crippen molar-refractivity contribution in [2.24, 2.45) is 0 Å². The summed E-state index contributed by atoms with van der Waals surface area (Å²) < 4.78 is 18.9. The van der Waals surface area contributed by atoms with E-state index in [1.165, 1.54) is 17.8 Å². The first-order valence-electron chi connectivity index (χ1n) is 6.54. The van der Waals surface area contributed by atoms with Crippen LogP contribution in [0.5, 0.6) is 0 Å². The highest BCUT2D eigenvalue weighted by molar-refractivity contribution is 7.98. The number of para-hydroxylation sites is 1. The molecule has 5 nitrogen and oxygen atoms in total. The molecule has 0 bridgehead atoms. The number of aromatic nitrogens is 3. The molecule has 3 rings (SSSR count). The summed E-state index contributed by atoms with van der Waals surface area (Å²) in [7, 11) is 0. The number of benzene rings is 1. The Labute approximate surface area is 131 Å². The molecular weight excluding hydrogens is 303 g/mol. The highest BCUT2D eigenvalue weighted by Gasteiger charge is 2.16. The van der Waals surface area contributed by atoms with E-state index in [-0.39, 0.29) is 5.82 Å². The average Bonchev–Trinajstić information content (AvgIpc) is 2.91. The van der Waals surface area contributed by atoms with Gasteiger partial charge in [-0.05, 0) is 31.4 Å². The summed E-state index contributed by atoms with van der Waals surface area (Å²) in [5.41, 5.74) is 1.83. The number of aryl methyl sites for hydroxylation is 1. The summed E-state index contributed by atoms with van der Waals surface area (Å²) >= 11 is 1.48. The van der Waals surface area contributed by atoms with Gasteiger partial charge in [-0.1, -0.05) is 17.3 Å². The van der Waals surface area contributed by atoms with Crippen LogP contribution in [-0.4, -0.2) is 21.4 Å². The summed E-state index contributed by atoms with van der Waals surface area (Å²) in [6.45, 7) is 1.83. The van der Waals surface area contributed by atoms with Gasteiger partial charge in [0.1, 0.15) is 16.6 Å². The lowest BCUT2D eigenvalue weighted by Crippen LogP contribution is -2.00. The summed E-state index contributed by atoms with van der Waals surface area (Å²) in [6, 6.07) is 8.14. The first kappa shape index (κ1) is 14.5. The van der Waals surface area contributed by atoms with Gasteiger partial charge >= 0.3 is 0 Å². The van der Waals surface area contributed by atoms with Gasteiger partial charge in [-0.25, -0.2) is 14.4 Å². The highest BCUT2D eigenvalue weighted by Crippen LogP contribution is 2.31. The van der Waals surface area contributed by atoms with Gasteiger partial charge in [0, 0.05) is 6.20 Å². The molecule has 0 aliphatic carbocycles. The zero-order chi connectivity index (χ0) is 15.5. The van der Waals surface area contributed by atoms with Crippen molar-refractivity contribution in [3.05, 3.63) is 48.1 Å². The molecule has 0 unspecified atom stereocenters. The predicted molar refractivity (Wildman–Crippen MR) is 83.7 cm³/mol. The van der Waals surface area contributed by atoms with Crippen LogP contribution in [0.3, 0.4) is 0 Å². The number of thioether (sulfide) groups is 1. The van der Waals surface area contributed by atoms with E-state index >= 15 is 0 Å². The second-order valence-corrected chi connectivity index (χ2v) is 5.29. The van der Waals surface area contributed by atoms with Crippen molar-refractivity contribution >= 4 is 23.4 Å². The molecule has 2 heterocycles. The van der Waals surface area contributed by atoms with Crippen LogP contribution in [0.1, 0.15) is 5.76 Å². The zero-order valence-electron chi connectivity index (χ0n) is 12.0. The van der Waals surface area contributed by atoms with E-state index in [0.29, 0.717) is 23.1 Å². The maximum absolute atomic E-state index is 13.7. The smallest absolute Gasteiger partial charge is 0.227 e. The molecule has 1 N–H and O–H groups in total. The third kappa shape index (κ3) is 2.80. The fourth-order valence-electron chi connectivity index (χ4n) is 2.02. The minimum Gasteiger partial charge on any atom is -0.360 e. The van der Waals surface area contributed by atoms with Crippen molar-refractivity contribution in [1.82, 2.24) is 15.1 Å². The molecule has 2 aromatic heterocycles. The Morgan fingerprint density at radius 3 is 2.82 bits per heavy atom.